The fraction of sp³-hybridized carbons (Fsp3) is 0.857. The van der Waals surface area contributed by atoms with Crippen molar-refractivity contribution in [1.82, 2.24) is 0 Å². The third-order valence-electron chi connectivity index (χ3n) is 0.919. The third-order valence-corrected chi connectivity index (χ3v) is 1.22. The average Bonchev–Trinajstić information content (AvgIpc) is 1.62. The van der Waals surface area contributed by atoms with Gasteiger partial charge in [0.2, 0.25) is 0 Å². The van der Waals surface area contributed by atoms with E-state index in [1.54, 1.807) is 7.05 Å². The van der Waals surface area contributed by atoms with Crippen LogP contribution >= 0.6 is 11.6 Å². The maximum Gasteiger partial charge on any atom is 0.100 e. The number of hydrogen-bond donors (Lipinski definition) is 0. The van der Waals surface area contributed by atoms with Crippen LogP contribution in [0.15, 0.2) is 4.99 Å². The van der Waals surface area contributed by atoms with Gasteiger partial charge >= 0.3 is 0 Å². The Hall–Kier alpha value is -0.0400. The summed E-state index contributed by atoms with van der Waals surface area (Å²) < 4.78 is 0. The second-order valence-electron chi connectivity index (χ2n) is 3.34. The molecule has 54 valence electrons. The Balaban J connectivity index is 3.75. The molecule has 0 rings (SSSR count). The molecule has 0 atom stereocenters. The number of halogens is 1. The Morgan fingerprint density at radius 3 is 2.00 bits per heavy atom. The SMILES string of the molecule is CN=C(Cl)CC(C)(C)C. The van der Waals surface area contributed by atoms with E-state index in [4.69, 9.17) is 11.6 Å². The van der Waals surface area contributed by atoms with Crippen molar-refractivity contribution in [3.8, 4) is 0 Å². The van der Waals surface area contributed by atoms with E-state index in [-0.39, 0.29) is 5.41 Å². The maximum absolute atomic E-state index is 5.70. The quantitative estimate of drug-likeness (QED) is 0.506. The largest absolute Gasteiger partial charge is 0.281 e. The molecule has 0 N–H and O–H groups in total. The van der Waals surface area contributed by atoms with E-state index in [9.17, 15) is 0 Å². The van der Waals surface area contributed by atoms with Gasteiger partial charge in [-0.2, -0.15) is 0 Å². The molecule has 0 unspecified atom stereocenters. The summed E-state index contributed by atoms with van der Waals surface area (Å²) in [6.07, 6.45) is 0.866. The van der Waals surface area contributed by atoms with Crippen LogP contribution in [0, 0.1) is 5.41 Å². The summed E-state index contributed by atoms with van der Waals surface area (Å²) in [7, 11) is 1.72. The fourth-order valence-electron chi connectivity index (χ4n) is 0.517. The van der Waals surface area contributed by atoms with E-state index in [1.807, 2.05) is 0 Å². The van der Waals surface area contributed by atoms with Crippen LogP contribution in [0.25, 0.3) is 0 Å². The standard InChI is InChI=1S/C7H14ClN/c1-7(2,3)5-6(8)9-4/h5H2,1-4H3. The molecule has 9 heavy (non-hydrogen) atoms. The lowest BCUT2D eigenvalue weighted by molar-refractivity contribution is 0.436. The Kier molecular flexibility index (Phi) is 3.20. The molecular weight excluding hydrogens is 134 g/mol. The van der Waals surface area contributed by atoms with Crippen molar-refractivity contribution >= 4 is 16.8 Å². The lowest BCUT2D eigenvalue weighted by Crippen LogP contribution is -2.08. The molecule has 0 aliphatic carbocycles. The summed E-state index contributed by atoms with van der Waals surface area (Å²) in [5.74, 6) is 0. The minimum absolute atomic E-state index is 0.261. The first-order valence-corrected chi connectivity index (χ1v) is 3.44. The first kappa shape index (κ1) is 8.96. The van der Waals surface area contributed by atoms with Crippen LogP contribution < -0.4 is 0 Å². The van der Waals surface area contributed by atoms with Crippen molar-refractivity contribution in [2.24, 2.45) is 10.4 Å². The predicted molar refractivity (Wildman–Crippen MR) is 43.3 cm³/mol. The highest BCUT2D eigenvalue weighted by molar-refractivity contribution is 6.65. The van der Waals surface area contributed by atoms with Gasteiger partial charge in [0.05, 0.1) is 0 Å². The highest BCUT2D eigenvalue weighted by Crippen LogP contribution is 2.20. The van der Waals surface area contributed by atoms with Crippen LogP contribution in [0.2, 0.25) is 0 Å². The van der Waals surface area contributed by atoms with Gasteiger partial charge in [0.25, 0.3) is 0 Å². The molecule has 0 spiro atoms. The zero-order chi connectivity index (χ0) is 7.49. The molecule has 0 aromatic heterocycles. The lowest BCUT2D eigenvalue weighted by atomic mass is 9.93. The van der Waals surface area contributed by atoms with Crippen LogP contribution in [-0.2, 0) is 0 Å². The van der Waals surface area contributed by atoms with Gasteiger partial charge in [0.1, 0.15) is 5.17 Å². The first-order chi connectivity index (χ1) is 3.95. The average molecular weight is 148 g/mol. The molecular formula is C7H14ClN. The molecule has 0 heterocycles. The van der Waals surface area contributed by atoms with Gasteiger partial charge in [-0.25, -0.2) is 0 Å². The predicted octanol–water partition coefficient (Wildman–Crippen LogP) is 2.69. The van der Waals surface area contributed by atoms with Gasteiger partial charge in [-0.3, -0.25) is 4.99 Å². The van der Waals surface area contributed by atoms with E-state index < -0.39 is 0 Å². The molecule has 0 amide bonds. The Morgan fingerprint density at radius 1 is 1.44 bits per heavy atom. The van der Waals surface area contributed by atoms with E-state index in [0.29, 0.717) is 5.17 Å². The zero-order valence-corrected chi connectivity index (χ0v) is 7.29. The minimum Gasteiger partial charge on any atom is -0.281 e. The smallest absolute Gasteiger partial charge is 0.100 e. The summed E-state index contributed by atoms with van der Waals surface area (Å²) in [6, 6.07) is 0. The van der Waals surface area contributed by atoms with E-state index >= 15 is 0 Å². The van der Waals surface area contributed by atoms with Crippen molar-refractivity contribution in [3.63, 3.8) is 0 Å². The van der Waals surface area contributed by atoms with Crippen LogP contribution in [-0.4, -0.2) is 12.2 Å². The van der Waals surface area contributed by atoms with Crippen LogP contribution in [0.3, 0.4) is 0 Å². The van der Waals surface area contributed by atoms with Gasteiger partial charge in [0.15, 0.2) is 0 Å². The van der Waals surface area contributed by atoms with Crippen molar-refractivity contribution in [3.05, 3.63) is 0 Å². The van der Waals surface area contributed by atoms with E-state index in [1.165, 1.54) is 0 Å². The van der Waals surface area contributed by atoms with Crippen LogP contribution in [0.4, 0.5) is 0 Å². The Bertz CT molecular complexity index is 111. The normalized spacial score (nSPS) is 14.1. The van der Waals surface area contributed by atoms with E-state index in [0.717, 1.165) is 6.42 Å². The second kappa shape index (κ2) is 3.21. The van der Waals surface area contributed by atoms with Gasteiger partial charge < -0.3 is 0 Å². The first-order valence-electron chi connectivity index (χ1n) is 3.07. The van der Waals surface area contributed by atoms with Gasteiger partial charge in [-0.1, -0.05) is 32.4 Å². The molecule has 0 aliphatic rings. The highest BCUT2D eigenvalue weighted by atomic mass is 35.5. The third kappa shape index (κ3) is 5.84. The molecule has 0 aromatic carbocycles. The lowest BCUT2D eigenvalue weighted by Gasteiger charge is -2.15. The number of nitrogens with zero attached hydrogens (tertiary/aromatic N) is 1. The number of rotatable bonds is 1. The molecule has 0 fully saturated rings. The van der Waals surface area contributed by atoms with E-state index in [2.05, 4.69) is 25.8 Å². The molecule has 2 heteroatoms. The van der Waals surface area contributed by atoms with Crippen LogP contribution in [0.5, 0.6) is 0 Å². The monoisotopic (exact) mass is 147 g/mol. The molecule has 0 aliphatic heterocycles. The molecule has 1 nitrogen and oxygen atoms in total. The van der Waals surface area contributed by atoms with Gasteiger partial charge in [-0.15, -0.1) is 0 Å². The Morgan fingerprint density at radius 2 is 1.89 bits per heavy atom. The Labute approximate surface area is 62.1 Å². The summed E-state index contributed by atoms with van der Waals surface area (Å²) in [4.78, 5) is 3.86. The van der Waals surface area contributed by atoms with Crippen molar-refractivity contribution < 1.29 is 0 Å². The fourth-order valence-corrected chi connectivity index (χ4v) is 0.918. The summed E-state index contributed by atoms with van der Waals surface area (Å²) in [6.45, 7) is 6.42. The molecule has 0 aromatic rings. The minimum atomic E-state index is 0.261. The van der Waals surface area contributed by atoms with Gasteiger partial charge in [0, 0.05) is 13.5 Å². The van der Waals surface area contributed by atoms with Crippen molar-refractivity contribution in [2.45, 2.75) is 27.2 Å². The number of hydrogen-bond acceptors (Lipinski definition) is 1. The molecule has 0 bridgehead atoms. The van der Waals surface area contributed by atoms with Gasteiger partial charge in [-0.05, 0) is 5.41 Å². The van der Waals surface area contributed by atoms with Crippen molar-refractivity contribution in [1.29, 1.82) is 0 Å². The molecule has 0 saturated carbocycles. The maximum atomic E-state index is 5.70. The van der Waals surface area contributed by atoms with Crippen molar-refractivity contribution in [2.75, 3.05) is 7.05 Å². The number of aliphatic imine (C=N–C) groups is 1. The summed E-state index contributed by atoms with van der Waals surface area (Å²) in [5.41, 5.74) is 0.261. The zero-order valence-electron chi connectivity index (χ0n) is 6.53. The molecule has 0 saturated heterocycles. The second-order valence-corrected chi connectivity index (χ2v) is 3.77. The summed E-state index contributed by atoms with van der Waals surface area (Å²) in [5, 5.41) is 0.711. The topological polar surface area (TPSA) is 12.4 Å². The summed E-state index contributed by atoms with van der Waals surface area (Å²) >= 11 is 5.70. The van der Waals surface area contributed by atoms with Crippen LogP contribution in [0.1, 0.15) is 27.2 Å². The highest BCUT2D eigenvalue weighted by Gasteiger charge is 2.11. The molecule has 0 radical (unpaired) electrons.